The molecule has 28 heavy (non-hydrogen) atoms. The zero-order valence-corrected chi connectivity index (χ0v) is 16.6. The summed E-state index contributed by atoms with van der Waals surface area (Å²) in [5, 5.41) is 0. The smallest absolute Gasteiger partial charge is 0.349 e. The molecule has 1 saturated heterocycles. The van der Waals surface area contributed by atoms with Crippen molar-refractivity contribution in [1.29, 1.82) is 0 Å². The molecular weight excluding hydrogens is 391 g/mol. The van der Waals surface area contributed by atoms with Gasteiger partial charge in [0.25, 0.3) is 0 Å². The summed E-state index contributed by atoms with van der Waals surface area (Å²) in [7, 11) is -3.64. The Morgan fingerprint density at radius 3 is 2.04 bits per heavy atom. The predicted octanol–water partition coefficient (Wildman–Crippen LogP) is 3.70. The number of piperazine rings is 1. The highest BCUT2D eigenvalue weighted by molar-refractivity contribution is 7.89. The van der Waals surface area contributed by atoms with E-state index in [4.69, 9.17) is 0 Å². The normalized spacial score (nSPS) is 21.7. The number of hydrogen-bond acceptors (Lipinski definition) is 4. The van der Waals surface area contributed by atoms with Crippen molar-refractivity contribution >= 4 is 15.8 Å². The van der Waals surface area contributed by atoms with E-state index in [1.165, 1.54) is 10.4 Å². The highest BCUT2D eigenvalue weighted by atomic mass is 32.2. The lowest BCUT2D eigenvalue weighted by Crippen LogP contribution is -2.58. The Balaban J connectivity index is 1.81. The number of anilines is 1. The lowest BCUT2D eigenvalue weighted by Gasteiger charge is -2.44. The van der Waals surface area contributed by atoms with Crippen LogP contribution in [0.3, 0.4) is 0 Å². The molecule has 2 atom stereocenters. The summed E-state index contributed by atoms with van der Waals surface area (Å²) in [4.78, 5) is 6.06. The van der Waals surface area contributed by atoms with Crippen molar-refractivity contribution in [2.24, 2.45) is 0 Å². The Kier molecular flexibility index (Phi) is 5.42. The van der Waals surface area contributed by atoms with Crippen LogP contribution in [0.15, 0.2) is 47.5 Å². The molecule has 1 aliphatic heterocycles. The van der Waals surface area contributed by atoms with Gasteiger partial charge in [-0.05, 0) is 45.0 Å². The molecule has 0 N–H and O–H groups in total. The fraction of sp³-hybridized carbons (Fsp3) is 0.421. The third-order valence-electron chi connectivity index (χ3n) is 4.88. The number of pyridine rings is 1. The maximum Gasteiger partial charge on any atom is 0.417 e. The second-order valence-corrected chi connectivity index (χ2v) is 9.08. The number of aryl methyl sites for hydroxylation is 1. The number of aromatic nitrogens is 1. The molecule has 2 heterocycles. The minimum atomic E-state index is -4.44. The summed E-state index contributed by atoms with van der Waals surface area (Å²) in [5.41, 5.74) is 0.163. The van der Waals surface area contributed by atoms with Gasteiger partial charge in [0.1, 0.15) is 5.82 Å². The number of sulfonamides is 1. The van der Waals surface area contributed by atoms with Crippen LogP contribution in [0.5, 0.6) is 0 Å². The van der Waals surface area contributed by atoms with Gasteiger partial charge in [0, 0.05) is 31.4 Å². The zero-order chi connectivity index (χ0) is 20.7. The molecule has 0 amide bonds. The van der Waals surface area contributed by atoms with E-state index in [0.29, 0.717) is 5.82 Å². The third-order valence-corrected chi connectivity index (χ3v) is 6.73. The molecule has 0 saturated carbocycles. The first kappa shape index (κ1) is 20.6. The quantitative estimate of drug-likeness (QED) is 0.770. The summed E-state index contributed by atoms with van der Waals surface area (Å²) in [6.07, 6.45) is -3.63. The average Bonchev–Trinajstić information content (AvgIpc) is 2.61. The van der Waals surface area contributed by atoms with E-state index in [0.717, 1.165) is 17.8 Å². The summed E-state index contributed by atoms with van der Waals surface area (Å²) < 4.78 is 65.6. The Hall–Kier alpha value is -2.13. The van der Waals surface area contributed by atoms with Crippen molar-refractivity contribution in [2.75, 3.05) is 18.0 Å². The Morgan fingerprint density at radius 2 is 1.57 bits per heavy atom. The van der Waals surface area contributed by atoms with Crippen LogP contribution in [0.1, 0.15) is 25.0 Å². The number of nitrogens with zero attached hydrogens (tertiary/aromatic N) is 3. The molecule has 5 nitrogen and oxygen atoms in total. The average molecular weight is 413 g/mol. The van der Waals surface area contributed by atoms with Crippen LogP contribution in [0, 0.1) is 6.92 Å². The van der Waals surface area contributed by atoms with E-state index in [-0.39, 0.29) is 30.1 Å². The van der Waals surface area contributed by atoms with Crippen LogP contribution in [0.4, 0.5) is 19.0 Å². The van der Waals surface area contributed by atoms with Gasteiger partial charge in [-0.1, -0.05) is 17.7 Å². The Morgan fingerprint density at radius 1 is 1.00 bits per heavy atom. The van der Waals surface area contributed by atoms with Gasteiger partial charge in [0.15, 0.2) is 0 Å². The first-order valence-corrected chi connectivity index (χ1v) is 10.3. The van der Waals surface area contributed by atoms with Crippen LogP contribution < -0.4 is 4.90 Å². The SMILES string of the molecule is Cc1ccc(S(=O)(=O)N2C[C@H](C)N(c3ccc(C(F)(F)F)cn3)[C@@H](C)C2)cc1. The van der Waals surface area contributed by atoms with Crippen molar-refractivity contribution in [3.8, 4) is 0 Å². The molecule has 2 aromatic rings. The van der Waals surface area contributed by atoms with Gasteiger partial charge in [-0.15, -0.1) is 0 Å². The molecule has 1 aliphatic rings. The molecule has 1 aromatic heterocycles. The van der Waals surface area contributed by atoms with Crippen LogP contribution in [-0.2, 0) is 16.2 Å². The molecule has 152 valence electrons. The van der Waals surface area contributed by atoms with Crippen LogP contribution in [-0.4, -0.2) is 42.9 Å². The number of alkyl halides is 3. The molecule has 3 rings (SSSR count). The second kappa shape index (κ2) is 7.36. The molecule has 0 unspecified atom stereocenters. The highest BCUT2D eigenvalue weighted by Crippen LogP contribution is 2.31. The number of hydrogen-bond donors (Lipinski definition) is 0. The van der Waals surface area contributed by atoms with Gasteiger partial charge >= 0.3 is 6.18 Å². The lowest BCUT2D eigenvalue weighted by molar-refractivity contribution is -0.137. The molecule has 0 bridgehead atoms. The minimum absolute atomic E-state index is 0.225. The maximum absolute atomic E-state index is 13.0. The first-order valence-electron chi connectivity index (χ1n) is 8.88. The Labute approximate surface area is 162 Å². The third kappa shape index (κ3) is 4.00. The van der Waals surface area contributed by atoms with Gasteiger partial charge in [-0.25, -0.2) is 13.4 Å². The van der Waals surface area contributed by atoms with E-state index < -0.39 is 21.8 Å². The van der Waals surface area contributed by atoms with Crippen molar-refractivity contribution in [2.45, 2.75) is 43.9 Å². The number of benzene rings is 1. The second-order valence-electron chi connectivity index (χ2n) is 7.14. The van der Waals surface area contributed by atoms with Crippen molar-refractivity contribution < 1.29 is 21.6 Å². The van der Waals surface area contributed by atoms with E-state index in [2.05, 4.69) is 4.98 Å². The summed E-state index contributed by atoms with van der Waals surface area (Å²) in [6.45, 7) is 6.02. The molecule has 1 aromatic carbocycles. The molecular formula is C19H22F3N3O2S. The van der Waals surface area contributed by atoms with Gasteiger partial charge in [0.05, 0.1) is 10.5 Å². The molecule has 0 radical (unpaired) electrons. The standard InChI is InChI=1S/C19H22F3N3O2S/c1-13-4-7-17(8-5-13)28(26,27)24-11-14(2)25(15(3)12-24)18-9-6-16(10-23-18)19(20,21)22/h4-10,14-15H,11-12H2,1-3H3/t14-,15-/m0/s1. The monoisotopic (exact) mass is 413 g/mol. The van der Waals surface area contributed by atoms with Gasteiger partial charge in [-0.3, -0.25) is 0 Å². The van der Waals surface area contributed by atoms with Crippen LogP contribution >= 0.6 is 0 Å². The van der Waals surface area contributed by atoms with Gasteiger partial charge in [-0.2, -0.15) is 17.5 Å². The lowest BCUT2D eigenvalue weighted by atomic mass is 10.1. The van der Waals surface area contributed by atoms with E-state index in [1.807, 2.05) is 25.7 Å². The van der Waals surface area contributed by atoms with Crippen molar-refractivity contribution in [3.63, 3.8) is 0 Å². The van der Waals surface area contributed by atoms with Gasteiger partial charge in [0.2, 0.25) is 10.0 Å². The Bertz CT molecular complexity index is 916. The van der Waals surface area contributed by atoms with Crippen LogP contribution in [0.25, 0.3) is 0 Å². The topological polar surface area (TPSA) is 53.5 Å². The number of rotatable bonds is 3. The van der Waals surface area contributed by atoms with Crippen LogP contribution in [0.2, 0.25) is 0 Å². The molecule has 9 heteroatoms. The molecule has 1 fully saturated rings. The largest absolute Gasteiger partial charge is 0.417 e. The number of halogens is 3. The minimum Gasteiger partial charge on any atom is -0.349 e. The van der Waals surface area contributed by atoms with Gasteiger partial charge < -0.3 is 4.90 Å². The molecule has 0 spiro atoms. The predicted molar refractivity (Wildman–Crippen MR) is 101 cm³/mol. The summed E-state index contributed by atoms with van der Waals surface area (Å²) in [6, 6.07) is 8.52. The van der Waals surface area contributed by atoms with Crippen molar-refractivity contribution in [3.05, 3.63) is 53.7 Å². The maximum atomic E-state index is 13.0. The zero-order valence-electron chi connectivity index (χ0n) is 15.8. The fourth-order valence-electron chi connectivity index (χ4n) is 3.49. The summed E-state index contributed by atoms with van der Waals surface area (Å²) in [5.74, 6) is 0.403. The highest BCUT2D eigenvalue weighted by Gasteiger charge is 2.37. The molecule has 0 aliphatic carbocycles. The summed E-state index contributed by atoms with van der Waals surface area (Å²) >= 11 is 0. The fourth-order valence-corrected chi connectivity index (χ4v) is 5.09. The van der Waals surface area contributed by atoms with E-state index in [1.54, 1.807) is 24.3 Å². The first-order chi connectivity index (χ1) is 13.0. The van der Waals surface area contributed by atoms with E-state index >= 15 is 0 Å². The van der Waals surface area contributed by atoms with Crippen molar-refractivity contribution in [1.82, 2.24) is 9.29 Å². The van der Waals surface area contributed by atoms with E-state index in [9.17, 15) is 21.6 Å².